The Morgan fingerprint density at radius 3 is 2.91 bits per heavy atom. The van der Waals surface area contributed by atoms with Crippen molar-refractivity contribution in [2.45, 2.75) is 6.54 Å². The van der Waals surface area contributed by atoms with E-state index in [0.29, 0.717) is 6.54 Å². The molecule has 0 fully saturated rings. The quantitative estimate of drug-likeness (QED) is 0.751. The SMILES string of the molecule is Cn1c(CNC(=O)/C=C/c2cccnc2)nc2ccccc21. The van der Waals surface area contributed by atoms with E-state index in [1.54, 1.807) is 18.5 Å². The molecule has 22 heavy (non-hydrogen) atoms. The van der Waals surface area contributed by atoms with Crippen molar-refractivity contribution in [1.82, 2.24) is 19.9 Å². The number of hydrogen-bond acceptors (Lipinski definition) is 3. The molecular weight excluding hydrogens is 276 g/mol. The van der Waals surface area contributed by atoms with Crippen molar-refractivity contribution in [3.8, 4) is 0 Å². The lowest BCUT2D eigenvalue weighted by molar-refractivity contribution is -0.116. The van der Waals surface area contributed by atoms with Crippen LogP contribution < -0.4 is 5.32 Å². The monoisotopic (exact) mass is 292 g/mol. The number of nitrogens with zero attached hydrogens (tertiary/aromatic N) is 3. The highest BCUT2D eigenvalue weighted by Crippen LogP contribution is 2.13. The first-order chi connectivity index (χ1) is 10.7. The molecule has 0 saturated carbocycles. The minimum absolute atomic E-state index is 0.157. The molecule has 0 atom stereocenters. The molecule has 1 amide bonds. The van der Waals surface area contributed by atoms with Gasteiger partial charge in [-0.15, -0.1) is 0 Å². The third-order valence-electron chi connectivity index (χ3n) is 3.41. The van der Waals surface area contributed by atoms with Crippen molar-refractivity contribution in [1.29, 1.82) is 0 Å². The van der Waals surface area contributed by atoms with Gasteiger partial charge in [-0.3, -0.25) is 9.78 Å². The van der Waals surface area contributed by atoms with Gasteiger partial charge in [0.25, 0.3) is 0 Å². The highest BCUT2D eigenvalue weighted by molar-refractivity contribution is 5.91. The Kier molecular flexibility index (Phi) is 3.96. The zero-order valence-corrected chi connectivity index (χ0v) is 12.2. The van der Waals surface area contributed by atoms with Crippen LogP contribution in [0.3, 0.4) is 0 Å². The normalized spacial score (nSPS) is 11.1. The number of benzene rings is 1. The smallest absolute Gasteiger partial charge is 0.244 e. The summed E-state index contributed by atoms with van der Waals surface area (Å²) in [6.07, 6.45) is 6.63. The van der Waals surface area contributed by atoms with Crippen LogP contribution in [0.1, 0.15) is 11.4 Å². The van der Waals surface area contributed by atoms with E-state index in [0.717, 1.165) is 22.4 Å². The number of carbonyl (C=O) groups is 1. The summed E-state index contributed by atoms with van der Waals surface area (Å²) in [5.41, 5.74) is 2.87. The lowest BCUT2D eigenvalue weighted by Gasteiger charge is -2.03. The van der Waals surface area contributed by atoms with Crippen LogP contribution in [0.2, 0.25) is 0 Å². The average Bonchev–Trinajstić information content (AvgIpc) is 2.88. The molecule has 1 N–H and O–H groups in total. The number of para-hydroxylation sites is 2. The number of rotatable bonds is 4. The molecule has 0 aliphatic carbocycles. The lowest BCUT2D eigenvalue weighted by atomic mass is 10.2. The van der Waals surface area contributed by atoms with Gasteiger partial charge in [0.15, 0.2) is 0 Å². The number of aromatic nitrogens is 3. The summed E-state index contributed by atoms with van der Waals surface area (Å²) in [4.78, 5) is 20.4. The van der Waals surface area contributed by atoms with Crippen LogP contribution >= 0.6 is 0 Å². The topological polar surface area (TPSA) is 59.8 Å². The number of nitrogens with one attached hydrogen (secondary N) is 1. The van der Waals surface area contributed by atoms with Crippen LogP contribution in [0.4, 0.5) is 0 Å². The van der Waals surface area contributed by atoms with Gasteiger partial charge < -0.3 is 9.88 Å². The van der Waals surface area contributed by atoms with Crippen LogP contribution in [0.15, 0.2) is 54.9 Å². The Labute approximate surface area is 128 Å². The third-order valence-corrected chi connectivity index (χ3v) is 3.41. The van der Waals surface area contributed by atoms with Crippen molar-refractivity contribution in [3.05, 3.63) is 66.3 Å². The van der Waals surface area contributed by atoms with Gasteiger partial charge >= 0.3 is 0 Å². The highest BCUT2D eigenvalue weighted by Gasteiger charge is 2.07. The summed E-state index contributed by atoms with van der Waals surface area (Å²) >= 11 is 0. The zero-order chi connectivity index (χ0) is 15.4. The molecule has 2 heterocycles. The Balaban J connectivity index is 1.65. The fraction of sp³-hybridized carbons (Fsp3) is 0.118. The molecule has 0 aliphatic rings. The first-order valence-electron chi connectivity index (χ1n) is 7.00. The highest BCUT2D eigenvalue weighted by atomic mass is 16.1. The minimum Gasteiger partial charge on any atom is -0.345 e. The fourth-order valence-electron chi connectivity index (χ4n) is 2.23. The van der Waals surface area contributed by atoms with Gasteiger partial charge in [-0.25, -0.2) is 4.98 Å². The van der Waals surface area contributed by atoms with Crippen LogP contribution in [0.25, 0.3) is 17.1 Å². The van der Waals surface area contributed by atoms with Crippen LogP contribution in [-0.4, -0.2) is 20.4 Å². The van der Waals surface area contributed by atoms with E-state index in [9.17, 15) is 4.79 Å². The summed E-state index contributed by atoms with van der Waals surface area (Å²) in [5.74, 6) is 0.667. The standard InChI is InChI=1S/C17H16N4O/c1-21-15-7-3-2-6-14(15)20-16(21)12-19-17(22)9-8-13-5-4-10-18-11-13/h2-11H,12H2,1H3,(H,19,22)/b9-8+. The molecule has 110 valence electrons. The third kappa shape index (κ3) is 3.03. The van der Waals surface area contributed by atoms with Crippen LogP contribution in [-0.2, 0) is 18.4 Å². The molecule has 0 unspecified atom stereocenters. The van der Waals surface area contributed by atoms with E-state index in [1.807, 2.05) is 48.0 Å². The second-order valence-electron chi connectivity index (χ2n) is 4.91. The maximum absolute atomic E-state index is 11.9. The molecule has 5 heteroatoms. The molecule has 0 aliphatic heterocycles. The molecule has 5 nitrogen and oxygen atoms in total. The van der Waals surface area contributed by atoms with Gasteiger partial charge in [0.2, 0.25) is 5.91 Å². The average molecular weight is 292 g/mol. The van der Waals surface area contributed by atoms with E-state index >= 15 is 0 Å². The summed E-state index contributed by atoms with van der Waals surface area (Å²) in [6.45, 7) is 0.390. The maximum atomic E-state index is 11.9. The predicted octanol–water partition coefficient (Wildman–Crippen LogP) is 2.30. The molecule has 0 radical (unpaired) electrons. The number of amides is 1. The molecule has 3 aromatic rings. The second-order valence-corrected chi connectivity index (χ2v) is 4.91. The number of hydrogen-bond donors (Lipinski definition) is 1. The molecule has 0 saturated heterocycles. The number of pyridine rings is 1. The van der Waals surface area contributed by atoms with E-state index in [-0.39, 0.29) is 5.91 Å². The van der Waals surface area contributed by atoms with Crippen molar-refractivity contribution in [2.24, 2.45) is 7.05 Å². The lowest BCUT2D eigenvalue weighted by Crippen LogP contribution is -2.22. The van der Waals surface area contributed by atoms with E-state index < -0.39 is 0 Å². The Hall–Kier alpha value is -2.95. The summed E-state index contributed by atoms with van der Waals surface area (Å²) in [6, 6.07) is 11.6. The Morgan fingerprint density at radius 1 is 1.27 bits per heavy atom. The number of imidazole rings is 1. The van der Waals surface area contributed by atoms with Gasteiger partial charge in [0.1, 0.15) is 5.82 Å². The van der Waals surface area contributed by atoms with Crippen molar-refractivity contribution < 1.29 is 4.79 Å². The van der Waals surface area contributed by atoms with Crippen molar-refractivity contribution in [3.63, 3.8) is 0 Å². The summed E-state index contributed by atoms with van der Waals surface area (Å²) in [7, 11) is 1.95. The molecule has 2 aromatic heterocycles. The van der Waals surface area contributed by atoms with E-state index in [2.05, 4.69) is 15.3 Å². The summed E-state index contributed by atoms with van der Waals surface area (Å²) in [5, 5.41) is 2.84. The molecule has 0 spiro atoms. The Bertz CT molecular complexity index is 821. The predicted molar refractivity (Wildman–Crippen MR) is 85.8 cm³/mol. The van der Waals surface area contributed by atoms with E-state index in [1.165, 1.54) is 6.08 Å². The Morgan fingerprint density at radius 2 is 2.14 bits per heavy atom. The largest absolute Gasteiger partial charge is 0.345 e. The van der Waals surface area contributed by atoms with Gasteiger partial charge in [-0.1, -0.05) is 18.2 Å². The number of aryl methyl sites for hydroxylation is 1. The van der Waals surface area contributed by atoms with E-state index in [4.69, 9.17) is 0 Å². The van der Waals surface area contributed by atoms with Gasteiger partial charge in [0, 0.05) is 25.5 Å². The fourth-order valence-corrected chi connectivity index (χ4v) is 2.23. The van der Waals surface area contributed by atoms with Gasteiger partial charge in [0.05, 0.1) is 17.6 Å². The van der Waals surface area contributed by atoms with Gasteiger partial charge in [-0.05, 0) is 29.8 Å². The zero-order valence-electron chi connectivity index (χ0n) is 12.2. The summed E-state index contributed by atoms with van der Waals surface area (Å²) < 4.78 is 1.99. The van der Waals surface area contributed by atoms with Gasteiger partial charge in [-0.2, -0.15) is 0 Å². The second kappa shape index (κ2) is 6.22. The molecular formula is C17H16N4O. The maximum Gasteiger partial charge on any atom is 0.244 e. The first-order valence-corrected chi connectivity index (χ1v) is 7.00. The van der Waals surface area contributed by atoms with Crippen molar-refractivity contribution in [2.75, 3.05) is 0 Å². The van der Waals surface area contributed by atoms with Crippen molar-refractivity contribution >= 4 is 23.0 Å². The minimum atomic E-state index is -0.157. The van der Waals surface area contributed by atoms with Crippen LogP contribution in [0.5, 0.6) is 0 Å². The number of fused-ring (bicyclic) bond motifs is 1. The van der Waals surface area contributed by atoms with Crippen LogP contribution in [0, 0.1) is 0 Å². The molecule has 3 rings (SSSR count). The molecule has 1 aromatic carbocycles. The first kappa shape index (κ1) is 14.0. The number of carbonyl (C=O) groups excluding carboxylic acids is 1. The molecule has 0 bridgehead atoms.